The summed E-state index contributed by atoms with van der Waals surface area (Å²) in [5.41, 5.74) is 0. The fraction of sp³-hybridized carbons (Fsp3) is 0.765. The van der Waals surface area contributed by atoms with Gasteiger partial charge >= 0.3 is 0 Å². The van der Waals surface area contributed by atoms with E-state index >= 15 is 0 Å². The number of piperazine rings is 1. The Morgan fingerprint density at radius 1 is 1.14 bits per heavy atom. The normalized spacial score (nSPS) is 29.0. The Labute approximate surface area is 133 Å². The third kappa shape index (κ3) is 3.71. The van der Waals surface area contributed by atoms with E-state index in [0.29, 0.717) is 6.04 Å². The van der Waals surface area contributed by atoms with Gasteiger partial charge in [-0.25, -0.2) is 0 Å². The summed E-state index contributed by atoms with van der Waals surface area (Å²) in [7, 11) is 2.17. The first-order valence-electron chi connectivity index (χ1n) is 8.56. The predicted molar refractivity (Wildman–Crippen MR) is 86.8 cm³/mol. The van der Waals surface area contributed by atoms with Gasteiger partial charge in [0.1, 0.15) is 11.5 Å². The highest BCUT2D eigenvalue weighted by Gasteiger charge is 2.33. The lowest BCUT2D eigenvalue weighted by molar-refractivity contribution is -0.0298. The van der Waals surface area contributed by atoms with Crippen molar-refractivity contribution in [3.8, 4) is 0 Å². The summed E-state index contributed by atoms with van der Waals surface area (Å²) in [4.78, 5) is 7.15. The van der Waals surface area contributed by atoms with Gasteiger partial charge in [-0.2, -0.15) is 0 Å². The number of aryl methyl sites for hydroxylation is 1. The van der Waals surface area contributed by atoms with Crippen LogP contribution in [0.2, 0.25) is 0 Å². The van der Waals surface area contributed by atoms with Gasteiger partial charge in [-0.05, 0) is 25.6 Å². The fourth-order valence-electron chi connectivity index (χ4n) is 3.63. The second-order valence-electron chi connectivity index (χ2n) is 6.72. The molecule has 3 rings (SSSR count). The predicted octanol–water partition coefficient (Wildman–Crippen LogP) is 1.02. The molecule has 0 amide bonds. The smallest absolute Gasteiger partial charge is 0.118 e. The molecule has 2 atom stereocenters. The molecule has 2 aliphatic rings. The van der Waals surface area contributed by atoms with Crippen LogP contribution in [0, 0.1) is 0 Å². The molecule has 5 heteroatoms. The lowest BCUT2D eigenvalue weighted by Crippen LogP contribution is -2.58. The molecule has 1 aromatic heterocycles. The Morgan fingerprint density at radius 3 is 2.50 bits per heavy atom. The van der Waals surface area contributed by atoms with Gasteiger partial charge in [0.05, 0.1) is 12.6 Å². The average molecular weight is 307 g/mol. The first-order chi connectivity index (χ1) is 10.7. The van der Waals surface area contributed by atoms with E-state index in [2.05, 4.69) is 40.8 Å². The number of rotatable bonds is 4. The summed E-state index contributed by atoms with van der Waals surface area (Å²) in [5, 5.41) is 10.6. The minimum absolute atomic E-state index is 0.252. The second-order valence-corrected chi connectivity index (χ2v) is 6.72. The van der Waals surface area contributed by atoms with Crippen molar-refractivity contribution in [2.45, 2.75) is 38.5 Å². The van der Waals surface area contributed by atoms with Gasteiger partial charge in [0.25, 0.3) is 0 Å². The molecule has 0 saturated carbocycles. The monoisotopic (exact) mass is 307 g/mol. The van der Waals surface area contributed by atoms with Crippen LogP contribution >= 0.6 is 0 Å². The van der Waals surface area contributed by atoms with E-state index in [0.717, 1.165) is 70.2 Å². The lowest BCUT2D eigenvalue weighted by atomic mass is 9.99. The lowest BCUT2D eigenvalue weighted by Gasteiger charge is -2.44. The van der Waals surface area contributed by atoms with Crippen molar-refractivity contribution >= 4 is 0 Å². The van der Waals surface area contributed by atoms with Crippen LogP contribution < -0.4 is 0 Å². The van der Waals surface area contributed by atoms with Crippen molar-refractivity contribution in [3.63, 3.8) is 0 Å². The van der Waals surface area contributed by atoms with Crippen LogP contribution in [0.15, 0.2) is 16.5 Å². The molecular formula is C17H29N3O2. The van der Waals surface area contributed by atoms with Crippen LogP contribution in [-0.4, -0.2) is 78.3 Å². The Morgan fingerprint density at radius 2 is 1.86 bits per heavy atom. The van der Waals surface area contributed by atoms with Gasteiger partial charge in [0.2, 0.25) is 0 Å². The third-order valence-electron chi connectivity index (χ3n) is 5.08. The summed E-state index contributed by atoms with van der Waals surface area (Å²) in [5.74, 6) is 2.06. The Kier molecular flexibility index (Phi) is 5.18. The molecule has 5 nitrogen and oxygen atoms in total. The van der Waals surface area contributed by atoms with Gasteiger partial charge in [0.15, 0.2) is 0 Å². The first kappa shape index (κ1) is 16.0. The maximum Gasteiger partial charge on any atom is 0.118 e. The highest BCUT2D eigenvalue weighted by molar-refractivity contribution is 5.07. The summed E-state index contributed by atoms with van der Waals surface area (Å²) in [6.45, 7) is 9.08. The number of likely N-dealkylation sites (tertiary alicyclic amines) is 1. The molecule has 0 spiro atoms. The number of aliphatic hydroxyl groups is 1. The average Bonchev–Trinajstić information content (AvgIpc) is 2.96. The third-order valence-corrected chi connectivity index (χ3v) is 5.08. The topological polar surface area (TPSA) is 43.1 Å². The van der Waals surface area contributed by atoms with Gasteiger partial charge < -0.3 is 14.4 Å². The largest absolute Gasteiger partial charge is 0.465 e. The molecule has 124 valence electrons. The quantitative estimate of drug-likeness (QED) is 0.900. The zero-order valence-electron chi connectivity index (χ0n) is 13.9. The van der Waals surface area contributed by atoms with Crippen molar-refractivity contribution in [2.75, 3.05) is 46.3 Å². The van der Waals surface area contributed by atoms with Gasteiger partial charge in [-0.3, -0.25) is 9.80 Å². The van der Waals surface area contributed by atoms with E-state index in [1.807, 2.05) is 0 Å². The molecule has 22 heavy (non-hydrogen) atoms. The number of hydrogen-bond acceptors (Lipinski definition) is 5. The van der Waals surface area contributed by atoms with Crippen LogP contribution in [-0.2, 0) is 13.0 Å². The van der Waals surface area contributed by atoms with E-state index < -0.39 is 0 Å². The molecule has 2 fully saturated rings. The summed E-state index contributed by atoms with van der Waals surface area (Å²) in [6.07, 6.45) is 1.73. The first-order valence-corrected chi connectivity index (χ1v) is 8.56. The Bertz CT molecular complexity index is 468. The molecule has 3 heterocycles. The maximum atomic E-state index is 10.6. The number of nitrogens with zero attached hydrogens (tertiary/aromatic N) is 3. The number of likely N-dealkylation sites (N-methyl/N-ethyl adjacent to an activating group) is 1. The number of hydrogen-bond donors (Lipinski definition) is 1. The molecule has 1 N–H and O–H groups in total. The van der Waals surface area contributed by atoms with Crippen molar-refractivity contribution in [2.24, 2.45) is 0 Å². The van der Waals surface area contributed by atoms with Crippen molar-refractivity contribution in [3.05, 3.63) is 23.7 Å². The van der Waals surface area contributed by atoms with Crippen LogP contribution in [0.5, 0.6) is 0 Å². The summed E-state index contributed by atoms with van der Waals surface area (Å²) < 4.78 is 5.79. The Hall–Kier alpha value is -0.880. The highest BCUT2D eigenvalue weighted by Crippen LogP contribution is 2.21. The van der Waals surface area contributed by atoms with Crippen LogP contribution in [0.25, 0.3) is 0 Å². The molecule has 0 radical (unpaired) electrons. The van der Waals surface area contributed by atoms with Crippen LogP contribution in [0.1, 0.15) is 24.9 Å². The standard InChI is InChI=1S/C17H29N3O2/c1-3-14-4-5-15(22-14)12-19-7-6-16(17(21)13-19)20-10-8-18(2)9-11-20/h4-5,16-17,21H,3,6-13H2,1-2H3/t16-,17-/m1/s1. The molecule has 2 aliphatic heterocycles. The van der Waals surface area contributed by atoms with E-state index in [9.17, 15) is 5.11 Å². The molecule has 0 aromatic carbocycles. The van der Waals surface area contributed by atoms with E-state index in [-0.39, 0.29) is 6.10 Å². The molecule has 0 aliphatic carbocycles. The minimum Gasteiger partial charge on any atom is -0.465 e. The maximum absolute atomic E-state index is 10.6. The van der Waals surface area contributed by atoms with Crippen molar-refractivity contribution < 1.29 is 9.52 Å². The van der Waals surface area contributed by atoms with E-state index in [1.165, 1.54) is 0 Å². The number of furan rings is 1. The minimum atomic E-state index is -0.252. The summed E-state index contributed by atoms with van der Waals surface area (Å²) >= 11 is 0. The molecule has 1 aromatic rings. The van der Waals surface area contributed by atoms with Crippen LogP contribution in [0.3, 0.4) is 0 Å². The van der Waals surface area contributed by atoms with E-state index in [1.54, 1.807) is 0 Å². The SMILES string of the molecule is CCc1ccc(CN2CC[C@@H](N3CCN(C)CC3)[C@H](O)C2)o1. The van der Waals surface area contributed by atoms with Crippen molar-refractivity contribution in [1.82, 2.24) is 14.7 Å². The number of β-amino-alcohol motifs (C(OH)–C–C–N with tert-alkyl or cyclic N) is 1. The van der Waals surface area contributed by atoms with Gasteiger partial charge in [-0.15, -0.1) is 0 Å². The highest BCUT2D eigenvalue weighted by atomic mass is 16.3. The van der Waals surface area contributed by atoms with Crippen molar-refractivity contribution in [1.29, 1.82) is 0 Å². The molecule has 0 bridgehead atoms. The molecule has 2 saturated heterocycles. The Balaban J connectivity index is 1.51. The zero-order chi connectivity index (χ0) is 15.5. The van der Waals surface area contributed by atoms with E-state index in [4.69, 9.17) is 4.42 Å². The fourth-order valence-corrected chi connectivity index (χ4v) is 3.63. The number of aliphatic hydroxyl groups excluding tert-OH is 1. The second kappa shape index (κ2) is 7.13. The van der Waals surface area contributed by atoms with Gasteiger partial charge in [0, 0.05) is 51.7 Å². The number of piperidine rings is 1. The van der Waals surface area contributed by atoms with Crippen LogP contribution in [0.4, 0.5) is 0 Å². The van der Waals surface area contributed by atoms with Gasteiger partial charge in [-0.1, -0.05) is 6.92 Å². The molecule has 0 unspecified atom stereocenters. The molecular weight excluding hydrogens is 278 g/mol. The zero-order valence-corrected chi connectivity index (χ0v) is 13.9. The summed E-state index contributed by atoms with van der Waals surface area (Å²) in [6, 6.07) is 4.45.